The van der Waals surface area contributed by atoms with Crippen molar-refractivity contribution in [3.63, 3.8) is 0 Å². The normalized spacial score (nSPS) is 26.7. The number of carbonyl (C=O) groups is 1. The molecule has 1 aliphatic rings. The van der Waals surface area contributed by atoms with E-state index in [2.05, 4.69) is 5.32 Å². The van der Waals surface area contributed by atoms with Gasteiger partial charge < -0.3 is 9.84 Å². The number of nitrogens with one attached hydrogen (secondary N) is 1. The third-order valence-electron chi connectivity index (χ3n) is 2.68. The number of ether oxygens (including phenoxy) is 1. The van der Waals surface area contributed by atoms with Crippen molar-refractivity contribution in [2.45, 2.75) is 30.2 Å². The smallest absolute Gasteiger partial charge is 0.450 e. The maximum Gasteiger partial charge on any atom is 0.507 e. The highest BCUT2D eigenvalue weighted by Gasteiger charge is 2.44. The predicted molar refractivity (Wildman–Crippen MR) is 66.9 cm³/mol. The molecule has 0 spiro atoms. The quantitative estimate of drug-likeness (QED) is 0.794. The molecule has 4 nitrogen and oxygen atoms in total. The standard InChI is InChI=1S/C12H15NO3S/c1-12(2)10(16-11(14)15)13-9(17-12)8-6-4-3-5-7-8/h3-7,9-10,13H,1-2H3,(H,14,15)/t9?,10-/m0/s1. The van der Waals surface area contributed by atoms with Gasteiger partial charge in [-0.25, -0.2) is 4.79 Å². The lowest BCUT2D eigenvalue weighted by Crippen LogP contribution is -2.40. The molecule has 1 heterocycles. The highest BCUT2D eigenvalue weighted by atomic mass is 32.2. The van der Waals surface area contributed by atoms with Crippen LogP contribution in [0.15, 0.2) is 30.3 Å². The topological polar surface area (TPSA) is 58.6 Å². The fourth-order valence-corrected chi connectivity index (χ4v) is 3.14. The van der Waals surface area contributed by atoms with Crippen LogP contribution in [-0.2, 0) is 4.74 Å². The van der Waals surface area contributed by atoms with Crippen LogP contribution in [0.1, 0.15) is 24.8 Å². The molecular weight excluding hydrogens is 238 g/mol. The Morgan fingerprint density at radius 1 is 1.41 bits per heavy atom. The lowest BCUT2D eigenvalue weighted by molar-refractivity contribution is 0.0274. The Bertz CT molecular complexity index is 407. The van der Waals surface area contributed by atoms with Crippen LogP contribution in [0.25, 0.3) is 0 Å². The maximum atomic E-state index is 10.6. The Labute approximate surface area is 104 Å². The fourth-order valence-electron chi connectivity index (χ4n) is 1.81. The van der Waals surface area contributed by atoms with Gasteiger partial charge in [-0.1, -0.05) is 30.3 Å². The minimum absolute atomic E-state index is 0.0653. The van der Waals surface area contributed by atoms with E-state index in [0.29, 0.717) is 0 Å². The second-order valence-corrected chi connectivity index (χ2v) is 6.20. The summed E-state index contributed by atoms with van der Waals surface area (Å²) >= 11 is 1.67. The number of hydrogen-bond donors (Lipinski definition) is 2. The lowest BCUT2D eigenvalue weighted by atomic mass is 10.1. The molecule has 0 bridgehead atoms. The van der Waals surface area contributed by atoms with Crippen LogP contribution in [-0.4, -0.2) is 22.2 Å². The van der Waals surface area contributed by atoms with Gasteiger partial charge in [-0.3, -0.25) is 5.32 Å². The molecule has 1 aliphatic heterocycles. The molecule has 1 aromatic carbocycles. The van der Waals surface area contributed by atoms with E-state index >= 15 is 0 Å². The molecule has 1 fully saturated rings. The first-order valence-corrected chi connectivity index (χ1v) is 6.25. The second-order valence-electron chi connectivity index (χ2n) is 4.44. The monoisotopic (exact) mass is 253 g/mol. The Morgan fingerprint density at radius 3 is 2.65 bits per heavy atom. The van der Waals surface area contributed by atoms with Gasteiger partial charge in [0, 0.05) is 0 Å². The summed E-state index contributed by atoms with van der Waals surface area (Å²) in [5.74, 6) is 0. The molecule has 0 aromatic heterocycles. The summed E-state index contributed by atoms with van der Waals surface area (Å²) in [6, 6.07) is 9.93. The van der Waals surface area contributed by atoms with Crippen molar-refractivity contribution >= 4 is 17.9 Å². The van der Waals surface area contributed by atoms with E-state index in [4.69, 9.17) is 9.84 Å². The number of carboxylic acid groups (broad SMARTS) is 1. The molecule has 1 aromatic rings. The van der Waals surface area contributed by atoms with E-state index in [0.717, 1.165) is 5.56 Å². The first-order valence-electron chi connectivity index (χ1n) is 5.37. The highest BCUT2D eigenvalue weighted by Crippen LogP contribution is 2.45. The summed E-state index contributed by atoms with van der Waals surface area (Å²) in [7, 11) is 0. The van der Waals surface area contributed by atoms with Crippen molar-refractivity contribution in [3.8, 4) is 0 Å². The number of hydrogen-bond acceptors (Lipinski definition) is 4. The average molecular weight is 253 g/mol. The van der Waals surface area contributed by atoms with Gasteiger partial charge >= 0.3 is 6.16 Å². The number of thioether (sulfide) groups is 1. The van der Waals surface area contributed by atoms with Gasteiger partial charge in [0.25, 0.3) is 0 Å². The second kappa shape index (κ2) is 4.58. The van der Waals surface area contributed by atoms with Gasteiger partial charge in [0.1, 0.15) is 0 Å². The van der Waals surface area contributed by atoms with Crippen LogP contribution in [0.2, 0.25) is 0 Å². The predicted octanol–water partition coefficient (Wildman–Crippen LogP) is 2.82. The van der Waals surface area contributed by atoms with E-state index in [1.54, 1.807) is 11.8 Å². The molecule has 2 rings (SSSR count). The van der Waals surface area contributed by atoms with Gasteiger partial charge in [-0.05, 0) is 19.4 Å². The Kier molecular flexibility index (Phi) is 3.31. The third kappa shape index (κ3) is 2.73. The van der Waals surface area contributed by atoms with Crippen LogP contribution < -0.4 is 5.32 Å². The maximum absolute atomic E-state index is 10.6. The average Bonchev–Trinajstić information content (AvgIpc) is 2.55. The summed E-state index contributed by atoms with van der Waals surface area (Å²) in [4.78, 5) is 10.6. The third-order valence-corrected chi connectivity index (χ3v) is 4.14. The SMILES string of the molecule is CC1(C)SC(c2ccccc2)N[C@H]1OC(=O)O. The molecule has 0 aliphatic carbocycles. The lowest BCUT2D eigenvalue weighted by Gasteiger charge is -2.23. The van der Waals surface area contributed by atoms with Crippen LogP contribution in [0.4, 0.5) is 4.79 Å². The minimum atomic E-state index is -1.25. The van der Waals surface area contributed by atoms with Gasteiger partial charge in [-0.2, -0.15) is 0 Å². The zero-order valence-electron chi connectivity index (χ0n) is 9.71. The van der Waals surface area contributed by atoms with Crippen LogP contribution in [0.5, 0.6) is 0 Å². The van der Waals surface area contributed by atoms with Crippen molar-refractivity contribution in [2.75, 3.05) is 0 Å². The first-order chi connectivity index (χ1) is 7.99. The molecule has 1 unspecified atom stereocenters. The van der Waals surface area contributed by atoms with E-state index < -0.39 is 12.4 Å². The van der Waals surface area contributed by atoms with Crippen LogP contribution in [0, 0.1) is 0 Å². The van der Waals surface area contributed by atoms with Crippen LogP contribution >= 0.6 is 11.8 Å². The fraction of sp³-hybridized carbons (Fsp3) is 0.417. The molecule has 0 radical (unpaired) electrons. The van der Waals surface area contributed by atoms with Gasteiger partial charge in [0.05, 0.1) is 10.1 Å². The summed E-state index contributed by atoms with van der Waals surface area (Å²) in [5, 5.41) is 11.9. The largest absolute Gasteiger partial charge is 0.507 e. The van der Waals surface area contributed by atoms with Crippen molar-refractivity contribution in [3.05, 3.63) is 35.9 Å². The molecule has 17 heavy (non-hydrogen) atoms. The molecule has 92 valence electrons. The van der Waals surface area contributed by atoms with E-state index in [-0.39, 0.29) is 10.1 Å². The van der Waals surface area contributed by atoms with E-state index in [1.165, 1.54) is 0 Å². The zero-order valence-corrected chi connectivity index (χ0v) is 10.5. The van der Waals surface area contributed by atoms with Crippen molar-refractivity contribution in [2.24, 2.45) is 0 Å². The highest BCUT2D eigenvalue weighted by molar-refractivity contribution is 8.01. The van der Waals surface area contributed by atoms with Crippen molar-refractivity contribution in [1.29, 1.82) is 0 Å². The van der Waals surface area contributed by atoms with Gasteiger partial charge in [0.15, 0.2) is 6.23 Å². The number of rotatable bonds is 2. The Morgan fingerprint density at radius 2 is 2.06 bits per heavy atom. The molecule has 0 amide bonds. The molecule has 0 saturated carbocycles. The van der Waals surface area contributed by atoms with Crippen molar-refractivity contribution in [1.82, 2.24) is 5.32 Å². The van der Waals surface area contributed by atoms with Crippen LogP contribution in [0.3, 0.4) is 0 Å². The summed E-state index contributed by atoms with van der Waals surface area (Å²) in [5.41, 5.74) is 1.13. The molecule has 2 N–H and O–H groups in total. The zero-order chi connectivity index (χ0) is 12.5. The number of benzene rings is 1. The molecule has 2 atom stereocenters. The Balaban J connectivity index is 2.13. The van der Waals surface area contributed by atoms with Gasteiger partial charge in [0.2, 0.25) is 0 Å². The molecular formula is C12H15NO3S. The van der Waals surface area contributed by atoms with E-state index in [1.807, 2.05) is 44.2 Å². The Hall–Kier alpha value is -1.20. The first kappa shape index (κ1) is 12.3. The molecule has 1 saturated heterocycles. The van der Waals surface area contributed by atoms with Gasteiger partial charge in [-0.15, -0.1) is 11.8 Å². The minimum Gasteiger partial charge on any atom is -0.450 e. The summed E-state index contributed by atoms with van der Waals surface area (Å²) in [6.07, 6.45) is -1.74. The summed E-state index contributed by atoms with van der Waals surface area (Å²) in [6.45, 7) is 3.95. The summed E-state index contributed by atoms with van der Waals surface area (Å²) < 4.78 is 4.58. The van der Waals surface area contributed by atoms with E-state index in [9.17, 15) is 4.79 Å². The molecule has 5 heteroatoms. The van der Waals surface area contributed by atoms with Crippen molar-refractivity contribution < 1.29 is 14.6 Å².